The van der Waals surface area contributed by atoms with Gasteiger partial charge in [0.05, 0.1) is 45.7 Å². The first kappa shape index (κ1) is 50.5. The van der Waals surface area contributed by atoms with Crippen molar-refractivity contribution in [2.45, 2.75) is 114 Å². The molecule has 2 saturated carbocycles. The summed E-state index contributed by atoms with van der Waals surface area (Å²) in [5.74, 6) is 4.17. The highest BCUT2D eigenvalue weighted by atomic mass is 33.1. The van der Waals surface area contributed by atoms with Gasteiger partial charge in [-0.3, -0.25) is 0 Å². The number of aryl methyl sites for hydroxylation is 1. The van der Waals surface area contributed by atoms with Crippen molar-refractivity contribution in [3.63, 3.8) is 0 Å². The first-order valence-corrected chi connectivity index (χ1v) is 23.1. The van der Waals surface area contributed by atoms with Crippen LogP contribution in [0.3, 0.4) is 0 Å². The summed E-state index contributed by atoms with van der Waals surface area (Å²) in [7, 11) is 7.01. The summed E-state index contributed by atoms with van der Waals surface area (Å²) in [4.78, 5) is 0. The van der Waals surface area contributed by atoms with Crippen LogP contribution >= 0.6 is 21.6 Å². The lowest BCUT2D eigenvalue weighted by Gasteiger charge is -2.50. The van der Waals surface area contributed by atoms with Gasteiger partial charge in [-0.2, -0.15) is 39.5 Å². The highest BCUT2D eigenvalue weighted by Crippen LogP contribution is 2.62. The highest BCUT2D eigenvalue weighted by molar-refractivity contribution is 8.76. The smallest absolute Gasteiger partial charge is 0.435 e. The Labute approximate surface area is 350 Å². The molecule has 0 radical (unpaired) electrons. The lowest BCUT2D eigenvalue weighted by Crippen LogP contribution is -2.67. The molecule has 0 amide bonds. The summed E-state index contributed by atoms with van der Waals surface area (Å²) in [5.41, 5.74) is -3.91. The quantitative estimate of drug-likeness (QED) is 0.0488. The largest absolute Gasteiger partial charge is 0.494 e. The lowest BCUT2D eigenvalue weighted by atomic mass is 9.55. The normalized spacial score (nSPS) is 23.7. The number of rotatable bonds is 27. The fraction of sp³-hybridized carbons (Fsp3) is 0.854. The average Bonchev–Trinajstić information content (AvgIpc) is 3.50. The Hall–Kier alpha value is -1.15. The number of fused-ring (bicyclic) bond motifs is 5. The zero-order valence-electron chi connectivity index (χ0n) is 34.3. The monoisotopic (exact) mass is 900 g/mol. The van der Waals surface area contributed by atoms with Gasteiger partial charge in [0, 0.05) is 51.5 Å². The van der Waals surface area contributed by atoms with Gasteiger partial charge in [-0.1, -0.05) is 34.6 Å². The van der Waals surface area contributed by atoms with E-state index in [-0.39, 0.29) is 18.1 Å². The maximum absolute atomic E-state index is 13.2. The van der Waals surface area contributed by atoms with E-state index in [4.69, 9.17) is 28.4 Å². The van der Waals surface area contributed by atoms with Crippen molar-refractivity contribution >= 4 is 21.6 Å². The molecule has 0 aromatic heterocycles. The summed E-state index contributed by atoms with van der Waals surface area (Å²) in [6.45, 7) is 5.26. The number of halogens is 9. The zero-order chi connectivity index (χ0) is 43.2. The summed E-state index contributed by atoms with van der Waals surface area (Å²) in [6.07, 6.45) is -12.2. The molecule has 5 unspecified atom stereocenters. The maximum Gasteiger partial charge on any atom is 0.435 e. The van der Waals surface area contributed by atoms with E-state index < -0.39 is 37.2 Å². The van der Waals surface area contributed by atoms with Gasteiger partial charge in [0.2, 0.25) is 0 Å². The Morgan fingerprint density at radius 3 is 1.97 bits per heavy atom. The molecule has 0 spiro atoms. The van der Waals surface area contributed by atoms with Gasteiger partial charge in [-0.25, -0.2) is 0 Å². The number of methoxy groups -OCH3 is 2. The molecule has 3 aliphatic rings. The second-order valence-corrected chi connectivity index (χ2v) is 18.7. The van der Waals surface area contributed by atoms with E-state index in [1.807, 2.05) is 6.07 Å². The van der Waals surface area contributed by atoms with Crippen LogP contribution in [0.25, 0.3) is 0 Å². The number of hydrogen-bond acceptors (Lipinski definition) is 9. The number of benzene rings is 1. The number of hydrogen-bond donors (Lipinski definition) is 0. The van der Waals surface area contributed by atoms with Gasteiger partial charge < -0.3 is 33.2 Å². The molecule has 0 bridgehead atoms. The van der Waals surface area contributed by atoms with Crippen LogP contribution in [0.4, 0.5) is 39.5 Å². The van der Waals surface area contributed by atoms with Crippen molar-refractivity contribution < 1.29 is 72.7 Å². The summed E-state index contributed by atoms with van der Waals surface area (Å²) in [6, 6.07) is 6.34. The highest BCUT2D eigenvalue weighted by Gasteiger charge is 2.85. The van der Waals surface area contributed by atoms with E-state index in [0.29, 0.717) is 63.1 Å². The zero-order valence-corrected chi connectivity index (χ0v) is 35.9. The van der Waals surface area contributed by atoms with Crippen molar-refractivity contribution in [1.29, 1.82) is 0 Å². The minimum Gasteiger partial charge on any atom is -0.494 e. The van der Waals surface area contributed by atoms with Gasteiger partial charge in [-0.05, 0) is 117 Å². The van der Waals surface area contributed by atoms with Crippen LogP contribution in [-0.4, -0.2) is 115 Å². The minimum atomic E-state index is -6.74. The Balaban J connectivity index is 1.08. The van der Waals surface area contributed by atoms with E-state index in [1.165, 1.54) is 11.1 Å². The van der Waals surface area contributed by atoms with Crippen molar-refractivity contribution in [1.82, 2.24) is 0 Å². The standard InChI is InChI=1S/C41H61F9O7S2/c1-37-16-15-33-32-12-10-31(55-19-5-4-17-53-22-24-58-59-25-23-54-18-6-8-29(27-51-2)28-52-3)26-30(32)9-11-34(33)35(37)13-14-36(37)56-20-7-21-57-38(39(42,43)44,40(45,46)47)41(48,49)50/h10,12,26,29,33-36H,4-9,11,13-25,27-28H2,1-3H3. The molecule has 1 aromatic rings. The van der Waals surface area contributed by atoms with Crippen LogP contribution in [-0.2, 0) is 34.8 Å². The predicted octanol–water partition coefficient (Wildman–Crippen LogP) is 11.0. The summed E-state index contributed by atoms with van der Waals surface area (Å²) in [5, 5.41) is 0. The van der Waals surface area contributed by atoms with Crippen LogP contribution in [0.15, 0.2) is 18.2 Å². The topological polar surface area (TPSA) is 64.6 Å². The fourth-order valence-corrected chi connectivity index (χ4v) is 11.0. The molecular weight excluding hydrogens is 840 g/mol. The van der Waals surface area contributed by atoms with Gasteiger partial charge in [-0.15, -0.1) is 0 Å². The Morgan fingerprint density at radius 1 is 0.712 bits per heavy atom. The molecule has 4 rings (SSSR count). The van der Waals surface area contributed by atoms with E-state index in [9.17, 15) is 39.5 Å². The molecule has 0 saturated heterocycles. The Morgan fingerprint density at radius 2 is 1.34 bits per heavy atom. The van der Waals surface area contributed by atoms with Gasteiger partial charge in [0.25, 0.3) is 0 Å². The molecule has 59 heavy (non-hydrogen) atoms. The third-order valence-corrected chi connectivity index (χ3v) is 14.4. The predicted molar refractivity (Wildman–Crippen MR) is 210 cm³/mol. The van der Waals surface area contributed by atoms with Crippen molar-refractivity contribution in [2.75, 3.05) is 85.2 Å². The molecular formula is C41H61F9O7S2. The van der Waals surface area contributed by atoms with Crippen LogP contribution in [0, 0.1) is 23.2 Å². The second-order valence-electron chi connectivity index (χ2n) is 16.0. The second kappa shape index (κ2) is 23.5. The SMILES string of the molecule is COCC(CCCOCCSSCCOCCCCOc1ccc2c(c1)CCC1C2CCC2(C)C(OCCCOC(C(F)(F)F)(C(F)(F)F)C(F)(F)F)CCC12)COC. The molecule has 7 nitrogen and oxygen atoms in total. The number of unbranched alkanes of at least 4 members (excludes halogenated alkanes) is 1. The molecule has 5 atom stereocenters. The van der Waals surface area contributed by atoms with E-state index in [2.05, 4.69) is 23.8 Å². The molecule has 18 heteroatoms. The van der Waals surface area contributed by atoms with Gasteiger partial charge >= 0.3 is 24.1 Å². The first-order valence-electron chi connectivity index (χ1n) is 20.6. The average molecular weight is 901 g/mol. The van der Waals surface area contributed by atoms with Crippen LogP contribution in [0.2, 0.25) is 0 Å². The number of alkyl halides is 9. The third kappa shape index (κ3) is 13.4. The Kier molecular flexibility index (Phi) is 20.1. The van der Waals surface area contributed by atoms with E-state index in [0.717, 1.165) is 88.3 Å². The molecule has 342 valence electrons. The molecule has 2 fully saturated rings. The van der Waals surface area contributed by atoms with Crippen LogP contribution in [0.5, 0.6) is 5.75 Å². The van der Waals surface area contributed by atoms with Crippen LogP contribution < -0.4 is 4.74 Å². The fourth-order valence-electron chi connectivity index (χ4n) is 9.28. The van der Waals surface area contributed by atoms with Gasteiger partial charge in [0.15, 0.2) is 0 Å². The summed E-state index contributed by atoms with van der Waals surface area (Å²) < 4.78 is 156. The molecule has 0 heterocycles. The first-order chi connectivity index (χ1) is 28.0. The molecule has 3 aliphatic carbocycles. The van der Waals surface area contributed by atoms with Crippen LogP contribution in [0.1, 0.15) is 88.2 Å². The molecule has 0 aliphatic heterocycles. The summed E-state index contributed by atoms with van der Waals surface area (Å²) >= 11 is 0. The maximum atomic E-state index is 13.2. The molecule has 1 aromatic carbocycles. The van der Waals surface area contributed by atoms with E-state index >= 15 is 0 Å². The third-order valence-electron chi connectivity index (χ3n) is 12.1. The van der Waals surface area contributed by atoms with Crippen molar-refractivity contribution in [3.05, 3.63) is 29.3 Å². The van der Waals surface area contributed by atoms with Gasteiger partial charge in [0.1, 0.15) is 5.75 Å². The lowest BCUT2D eigenvalue weighted by molar-refractivity contribution is -0.457. The Bertz CT molecular complexity index is 1330. The van der Waals surface area contributed by atoms with Crippen molar-refractivity contribution in [2.24, 2.45) is 23.2 Å². The molecule has 0 N–H and O–H groups in total. The minimum absolute atomic E-state index is 0.257. The van der Waals surface area contributed by atoms with E-state index in [1.54, 1.807) is 35.8 Å². The van der Waals surface area contributed by atoms with Crippen molar-refractivity contribution in [3.8, 4) is 5.75 Å². The number of ether oxygens (including phenoxy) is 7.